The van der Waals surface area contributed by atoms with Crippen molar-refractivity contribution in [3.8, 4) is 5.75 Å². The zero-order valence-electron chi connectivity index (χ0n) is 30.2. The quantitative estimate of drug-likeness (QED) is 0.319. The van der Waals surface area contributed by atoms with Crippen LogP contribution in [0.1, 0.15) is 113 Å². The minimum atomic E-state index is -3.90. The van der Waals surface area contributed by atoms with Gasteiger partial charge in [0.2, 0.25) is 10.0 Å². The summed E-state index contributed by atoms with van der Waals surface area (Å²) in [6.45, 7) is 11.3. The monoisotopic (exact) mass is 721 g/mol. The summed E-state index contributed by atoms with van der Waals surface area (Å²) in [5, 5.41) is 0.0343. The van der Waals surface area contributed by atoms with Gasteiger partial charge in [0.25, 0.3) is 5.91 Å². The number of aryl methyl sites for hydroxylation is 1. The van der Waals surface area contributed by atoms with Crippen molar-refractivity contribution in [3.05, 3.63) is 70.3 Å². The molecular formula is C41H56ClN3O4S. The van der Waals surface area contributed by atoms with Crippen molar-refractivity contribution in [2.75, 3.05) is 37.6 Å². The molecular weight excluding hydrogens is 666 g/mol. The van der Waals surface area contributed by atoms with Crippen molar-refractivity contribution in [2.24, 2.45) is 29.1 Å². The maximum atomic E-state index is 13.6. The van der Waals surface area contributed by atoms with Gasteiger partial charge in [0.05, 0.1) is 10.9 Å². The van der Waals surface area contributed by atoms with E-state index in [1.807, 2.05) is 25.1 Å². The van der Waals surface area contributed by atoms with E-state index in [0.717, 1.165) is 68.2 Å². The first-order valence-electron chi connectivity index (χ1n) is 19.4. The fourth-order valence-electron chi connectivity index (χ4n) is 9.69. The van der Waals surface area contributed by atoms with Gasteiger partial charge in [-0.15, -0.1) is 0 Å². The largest absolute Gasteiger partial charge is 0.483 e. The Kier molecular flexibility index (Phi) is 10.6. The Morgan fingerprint density at radius 1 is 0.980 bits per heavy atom. The van der Waals surface area contributed by atoms with Crippen molar-refractivity contribution in [3.63, 3.8) is 0 Å². The molecule has 1 saturated heterocycles. The maximum absolute atomic E-state index is 13.6. The van der Waals surface area contributed by atoms with E-state index in [1.54, 1.807) is 13.0 Å². The number of rotatable bonds is 4. The molecule has 2 fully saturated rings. The molecule has 1 N–H and O–H groups in total. The average molecular weight is 722 g/mol. The maximum Gasteiger partial charge on any atom is 0.264 e. The highest BCUT2D eigenvalue weighted by Crippen LogP contribution is 2.53. The molecule has 7 rings (SSSR count). The fourth-order valence-corrected chi connectivity index (χ4v) is 11.2. The number of allylic oxidation sites excluding steroid dienone is 2. The van der Waals surface area contributed by atoms with E-state index in [4.69, 9.17) is 16.3 Å². The molecule has 3 aliphatic heterocycles. The summed E-state index contributed by atoms with van der Waals surface area (Å²) in [5.74, 6) is 1.36. The number of anilines is 1. The molecule has 272 valence electrons. The van der Waals surface area contributed by atoms with Gasteiger partial charge < -0.3 is 14.5 Å². The molecule has 3 heterocycles. The van der Waals surface area contributed by atoms with E-state index >= 15 is 0 Å². The molecule has 7 atom stereocenters. The molecule has 5 aliphatic rings. The molecule has 2 bridgehead atoms. The number of nitrogens with zero attached hydrogens (tertiary/aromatic N) is 2. The molecule has 9 heteroatoms. The van der Waals surface area contributed by atoms with Crippen LogP contribution in [0.2, 0.25) is 5.02 Å². The van der Waals surface area contributed by atoms with Gasteiger partial charge in [-0.2, -0.15) is 0 Å². The van der Waals surface area contributed by atoms with Crippen LogP contribution in [0.25, 0.3) is 0 Å². The molecule has 2 aliphatic carbocycles. The van der Waals surface area contributed by atoms with Gasteiger partial charge in [0, 0.05) is 29.6 Å². The van der Waals surface area contributed by atoms with E-state index in [9.17, 15) is 13.2 Å². The number of benzene rings is 2. The van der Waals surface area contributed by atoms with Crippen molar-refractivity contribution < 1.29 is 17.9 Å². The molecule has 0 aromatic heterocycles. The lowest BCUT2D eigenvalue weighted by molar-refractivity contribution is 0.0348. The van der Waals surface area contributed by atoms with Gasteiger partial charge in [0.15, 0.2) is 0 Å². The van der Waals surface area contributed by atoms with Crippen molar-refractivity contribution in [1.29, 1.82) is 0 Å². The predicted octanol–water partition coefficient (Wildman–Crippen LogP) is 8.58. The van der Waals surface area contributed by atoms with Gasteiger partial charge in [0.1, 0.15) is 11.9 Å². The molecule has 0 radical (unpaired) electrons. The zero-order chi connectivity index (χ0) is 35.0. The Bertz CT molecular complexity index is 1690. The first-order chi connectivity index (χ1) is 24.1. The first kappa shape index (κ1) is 35.8. The fraction of sp³-hybridized carbons (Fsp3) is 0.634. The minimum absolute atomic E-state index is 0.0591. The Hall–Kier alpha value is -2.55. The number of nitrogens with one attached hydrogen (secondary N) is 1. The number of fused-ring (bicyclic) bond motifs is 5. The van der Waals surface area contributed by atoms with Crippen molar-refractivity contribution in [1.82, 2.24) is 9.62 Å². The van der Waals surface area contributed by atoms with Gasteiger partial charge in [-0.1, -0.05) is 50.1 Å². The number of halogens is 1. The summed E-state index contributed by atoms with van der Waals surface area (Å²) in [5.41, 5.74) is 3.75. The van der Waals surface area contributed by atoms with Crippen molar-refractivity contribution in [2.45, 2.75) is 103 Å². The number of amides is 1. The number of piperidine rings is 1. The lowest BCUT2D eigenvalue weighted by Gasteiger charge is -2.51. The van der Waals surface area contributed by atoms with Crippen molar-refractivity contribution >= 4 is 33.2 Å². The van der Waals surface area contributed by atoms with Crippen LogP contribution in [0.3, 0.4) is 0 Å². The lowest BCUT2D eigenvalue weighted by Crippen LogP contribution is -2.48. The van der Waals surface area contributed by atoms with E-state index in [0.29, 0.717) is 23.8 Å². The third-order valence-corrected chi connectivity index (χ3v) is 15.4. The topological polar surface area (TPSA) is 79.0 Å². The van der Waals surface area contributed by atoms with Crippen LogP contribution in [0, 0.1) is 29.1 Å². The van der Waals surface area contributed by atoms with Gasteiger partial charge >= 0.3 is 0 Å². The number of likely N-dealkylation sites (tertiary alicyclic amines) is 1. The van der Waals surface area contributed by atoms with E-state index in [-0.39, 0.29) is 23.4 Å². The lowest BCUT2D eigenvalue weighted by atomic mass is 9.56. The second-order valence-electron chi connectivity index (χ2n) is 16.1. The Morgan fingerprint density at radius 3 is 2.54 bits per heavy atom. The molecule has 1 unspecified atom stereocenters. The number of carbonyl (C=O) groups excluding carboxylic acids is 1. The van der Waals surface area contributed by atoms with Crippen LogP contribution in [-0.4, -0.2) is 57.2 Å². The molecule has 7 nitrogen and oxygen atoms in total. The van der Waals surface area contributed by atoms with Crippen LogP contribution in [0.15, 0.2) is 48.6 Å². The molecule has 1 saturated carbocycles. The van der Waals surface area contributed by atoms with E-state index < -0.39 is 21.2 Å². The van der Waals surface area contributed by atoms with Crippen LogP contribution in [-0.2, 0) is 16.4 Å². The zero-order valence-corrected chi connectivity index (χ0v) is 31.8. The highest BCUT2D eigenvalue weighted by atomic mass is 35.5. The summed E-state index contributed by atoms with van der Waals surface area (Å²) in [6.07, 6.45) is 16.9. The van der Waals surface area contributed by atoms with Gasteiger partial charge in [-0.3, -0.25) is 4.79 Å². The summed E-state index contributed by atoms with van der Waals surface area (Å²) >= 11 is 6.46. The predicted molar refractivity (Wildman–Crippen MR) is 203 cm³/mol. The molecule has 2 aromatic carbocycles. The number of hydrogen-bond acceptors (Lipinski definition) is 6. The Labute approximate surface area is 305 Å². The van der Waals surface area contributed by atoms with E-state index in [2.05, 4.69) is 45.7 Å². The molecule has 50 heavy (non-hydrogen) atoms. The Balaban J connectivity index is 1.28. The summed E-state index contributed by atoms with van der Waals surface area (Å²) in [7, 11) is -3.90. The molecule has 2 aromatic rings. The Morgan fingerprint density at radius 2 is 1.78 bits per heavy atom. The third kappa shape index (κ3) is 7.23. The smallest absolute Gasteiger partial charge is 0.264 e. The summed E-state index contributed by atoms with van der Waals surface area (Å²) in [6, 6.07) is 11.7. The minimum Gasteiger partial charge on any atom is -0.483 e. The highest BCUT2D eigenvalue weighted by molar-refractivity contribution is 7.90. The molecule has 1 amide bonds. The molecule has 0 spiro atoms. The number of carbonyl (C=O) groups is 1. The standard InChI is InChI=1S/C41H56ClN3O4S/c1-4-41(20-23-44-21-6-5-7-22-44)19-9-10-28(2)29(3)50(47,48)43-40(46)31-14-18-38-37(25-31)45(26-32-13-17-36(32)41)27-33-12-8-11-30-24-34(42)15-16-35(30)39(33)49-38/h9,14-16,18-19,24-25,28-29,32-33,36,39H,4-8,10-13,17,20-23,26-27H2,1-3H3,(H,43,46)/b19-9+/t28-,29+,32-,33+,36+,39?,41-/m0/s1. The van der Waals surface area contributed by atoms with Gasteiger partial charge in [-0.05, 0) is 155 Å². The second-order valence-corrected chi connectivity index (χ2v) is 18.6. The first-order valence-corrected chi connectivity index (χ1v) is 21.3. The number of hydrogen-bond donors (Lipinski definition) is 1. The number of sulfonamides is 1. The van der Waals surface area contributed by atoms with Crippen LogP contribution >= 0.6 is 11.6 Å². The van der Waals surface area contributed by atoms with Crippen LogP contribution in [0.5, 0.6) is 5.75 Å². The number of ether oxygens (including phenoxy) is 1. The normalized spacial score (nSPS) is 33.6. The highest BCUT2D eigenvalue weighted by Gasteiger charge is 2.47. The summed E-state index contributed by atoms with van der Waals surface area (Å²) < 4.78 is 36.5. The van der Waals surface area contributed by atoms with E-state index in [1.165, 1.54) is 56.3 Å². The summed E-state index contributed by atoms with van der Waals surface area (Å²) in [4.78, 5) is 18.8. The van der Waals surface area contributed by atoms with Crippen LogP contribution in [0.4, 0.5) is 5.69 Å². The van der Waals surface area contributed by atoms with Crippen LogP contribution < -0.4 is 14.4 Å². The average Bonchev–Trinajstić information content (AvgIpc) is 3.35. The second kappa shape index (κ2) is 14.8. The van der Waals surface area contributed by atoms with Gasteiger partial charge in [-0.25, -0.2) is 13.1 Å². The SMILES string of the molecule is CC[C@@]1(CCN2CCCCC2)/C=C/C[C@H](C)[C@@H](C)S(=O)(=O)NC(=O)c2ccc3c(c2)N(C[C@H]2CCCc4cc(Cl)ccc4C2O3)C[C@@H]2CC[C@H]21. The third-order valence-electron chi connectivity index (χ3n) is 13.2.